The molecule has 0 unspecified atom stereocenters. The van der Waals surface area contributed by atoms with E-state index in [0.717, 1.165) is 13.2 Å². The number of hydrogen-bond acceptors (Lipinski definition) is 3. The fourth-order valence-electron chi connectivity index (χ4n) is 1.91. The SMILES string of the molecule is C=CCOCCN1CCN(CCC)CC1. The molecule has 1 aliphatic rings. The summed E-state index contributed by atoms with van der Waals surface area (Å²) < 4.78 is 5.39. The van der Waals surface area contributed by atoms with Crippen molar-refractivity contribution < 1.29 is 4.74 Å². The Morgan fingerprint density at radius 1 is 1.13 bits per heavy atom. The third-order valence-corrected chi connectivity index (χ3v) is 2.79. The molecule has 3 nitrogen and oxygen atoms in total. The van der Waals surface area contributed by atoms with E-state index in [4.69, 9.17) is 4.74 Å². The zero-order valence-electron chi connectivity index (χ0n) is 9.95. The number of nitrogens with zero attached hydrogens (tertiary/aromatic N) is 2. The van der Waals surface area contributed by atoms with Crippen LogP contribution in [0, 0.1) is 0 Å². The van der Waals surface area contributed by atoms with Gasteiger partial charge in [0.25, 0.3) is 0 Å². The summed E-state index contributed by atoms with van der Waals surface area (Å²) >= 11 is 0. The van der Waals surface area contributed by atoms with E-state index in [1.807, 2.05) is 0 Å². The zero-order chi connectivity index (χ0) is 10.9. The molecule has 1 saturated heterocycles. The fraction of sp³-hybridized carbons (Fsp3) is 0.833. The molecule has 0 bridgehead atoms. The Bertz CT molecular complexity index is 165. The first-order valence-corrected chi connectivity index (χ1v) is 6.00. The van der Waals surface area contributed by atoms with Gasteiger partial charge in [0, 0.05) is 32.7 Å². The molecule has 1 rings (SSSR count). The second-order valence-corrected chi connectivity index (χ2v) is 4.05. The van der Waals surface area contributed by atoms with Crippen LogP contribution in [-0.4, -0.2) is 62.3 Å². The summed E-state index contributed by atoms with van der Waals surface area (Å²) in [4.78, 5) is 5.02. The summed E-state index contributed by atoms with van der Waals surface area (Å²) in [6, 6.07) is 0. The van der Waals surface area contributed by atoms with Crippen LogP contribution in [0.5, 0.6) is 0 Å². The van der Waals surface area contributed by atoms with Crippen LogP contribution in [-0.2, 0) is 4.74 Å². The standard InChI is InChI=1S/C12H24N2O/c1-3-5-13-6-8-14(9-7-13)10-12-15-11-4-2/h4H,2-3,5-12H2,1H3. The first-order chi connectivity index (χ1) is 7.36. The van der Waals surface area contributed by atoms with E-state index in [1.165, 1.54) is 39.1 Å². The molecular formula is C12H24N2O. The van der Waals surface area contributed by atoms with Crippen molar-refractivity contribution in [2.45, 2.75) is 13.3 Å². The Kier molecular flexibility index (Phi) is 6.64. The molecule has 1 aliphatic heterocycles. The number of ether oxygens (including phenoxy) is 1. The number of hydrogen-bond donors (Lipinski definition) is 0. The van der Waals surface area contributed by atoms with Gasteiger partial charge in [0.2, 0.25) is 0 Å². The molecule has 0 N–H and O–H groups in total. The highest BCUT2D eigenvalue weighted by molar-refractivity contribution is 4.71. The molecule has 0 radical (unpaired) electrons. The lowest BCUT2D eigenvalue weighted by Crippen LogP contribution is -2.47. The highest BCUT2D eigenvalue weighted by atomic mass is 16.5. The maximum Gasteiger partial charge on any atom is 0.0645 e. The highest BCUT2D eigenvalue weighted by Crippen LogP contribution is 2.01. The van der Waals surface area contributed by atoms with Crippen molar-refractivity contribution in [1.82, 2.24) is 9.80 Å². The van der Waals surface area contributed by atoms with Crippen molar-refractivity contribution >= 4 is 0 Å². The van der Waals surface area contributed by atoms with Gasteiger partial charge in [-0.2, -0.15) is 0 Å². The third-order valence-electron chi connectivity index (χ3n) is 2.79. The van der Waals surface area contributed by atoms with Crippen LogP contribution in [0.25, 0.3) is 0 Å². The van der Waals surface area contributed by atoms with Gasteiger partial charge in [-0.15, -0.1) is 6.58 Å². The molecule has 15 heavy (non-hydrogen) atoms. The van der Waals surface area contributed by atoms with Gasteiger partial charge in [0.1, 0.15) is 0 Å². The lowest BCUT2D eigenvalue weighted by atomic mass is 10.3. The molecule has 0 aliphatic carbocycles. The van der Waals surface area contributed by atoms with E-state index in [2.05, 4.69) is 23.3 Å². The van der Waals surface area contributed by atoms with Gasteiger partial charge < -0.3 is 9.64 Å². The van der Waals surface area contributed by atoms with Crippen LogP contribution in [0.1, 0.15) is 13.3 Å². The van der Waals surface area contributed by atoms with E-state index in [9.17, 15) is 0 Å². The highest BCUT2D eigenvalue weighted by Gasteiger charge is 2.14. The minimum atomic E-state index is 0.676. The average molecular weight is 212 g/mol. The first-order valence-electron chi connectivity index (χ1n) is 6.00. The van der Waals surface area contributed by atoms with Gasteiger partial charge in [0.15, 0.2) is 0 Å². The van der Waals surface area contributed by atoms with Crippen molar-refractivity contribution in [2.75, 3.05) is 52.5 Å². The summed E-state index contributed by atoms with van der Waals surface area (Å²) in [5.41, 5.74) is 0. The number of piperazine rings is 1. The molecule has 0 aromatic rings. The molecule has 0 saturated carbocycles. The van der Waals surface area contributed by atoms with Crippen molar-refractivity contribution in [2.24, 2.45) is 0 Å². The van der Waals surface area contributed by atoms with Crippen LogP contribution in [0.3, 0.4) is 0 Å². The van der Waals surface area contributed by atoms with Gasteiger partial charge in [-0.25, -0.2) is 0 Å². The van der Waals surface area contributed by atoms with Crippen LogP contribution in [0.15, 0.2) is 12.7 Å². The Morgan fingerprint density at radius 2 is 1.73 bits per heavy atom. The summed E-state index contributed by atoms with van der Waals surface area (Å²) in [6.45, 7) is 14.5. The Balaban J connectivity index is 2.01. The summed E-state index contributed by atoms with van der Waals surface area (Å²) in [5, 5.41) is 0. The lowest BCUT2D eigenvalue weighted by molar-refractivity contribution is 0.0864. The smallest absolute Gasteiger partial charge is 0.0645 e. The van der Waals surface area contributed by atoms with Crippen LogP contribution in [0.4, 0.5) is 0 Å². The van der Waals surface area contributed by atoms with Gasteiger partial charge >= 0.3 is 0 Å². The van der Waals surface area contributed by atoms with Gasteiger partial charge in [-0.3, -0.25) is 4.90 Å². The minimum Gasteiger partial charge on any atom is -0.376 e. The van der Waals surface area contributed by atoms with E-state index in [-0.39, 0.29) is 0 Å². The minimum absolute atomic E-state index is 0.676. The largest absolute Gasteiger partial charge is 0.376 e. The van der Waals surface area contributed by atoms with E-state index in [1.54, 1.807) is 6.08 Å². The lowest BCUT2D eigenvalue weighted by Gasteiger charge is -2.34. The molecule has 0 aromatic heterocycles. The third kappa shape index (κ3) is 5.30. The molecule has 88 valence electrons. The quantitative estimate of drug-likeness (QED) is 0.466. The van der Waals surface area contributed by atoms with Crippen LogP contribution < -0.4 is 0 Å². The number of rotatable bonds is 7. The first kappa shape index (κ1) is 12.7. The van der Waals surface area contributed by atoms with Crippen molar-refractivity contribution in [1.29, 1.82) is 0 Å². The molecule has 1 fully saturated rings. The zero-order valence-corrected chi connectivity index (χ0v) is 9.95. The van der Waals surface area contributed by atoms with E-state index >= 15 is 0 Å². The fourth-order valence-corrected chi connectivity index (χ4v) is 1.91. The second-order valence-electron chi connectivity index (χ2n) is 4.05. The molecule has 0 atom stereocenters. The summed E-state index contributed by atoms with van der Waals surface area (Å²) in [6.07, 6.45) is 3.07. The van der Waals surface area contributed by atoms with Crippen molar-refractivity contribution in [3.05, 3.63) is 12.7 Å². The Labute approximate surface area is 93.7 Å². The van der Waals surface area contributed by atoms with Gasteiger partial charge in [-0.1, -0.05) is 13.0 Å². The van der Waals surface area contributed by atoms with Crippen molar-refractivity contribution in [3.63, 3.8) is 0 Å². The molecule has 3 heteroatoms. The Hall–Kier alpha value is -0.380. The predicted octanol–water partition coefficient (Wildman–Crippen LogP) is 1.22. The van der Waals surface area contributed by atoms with Gasteiger partial charge in [0.05, 0.1) is 13.2 Å². The average Bonchev–Trinajstić information content (AvgIpc) is 2.27. The van der Waals surface area contributed by atoms with Crippen molar-refractivity contribution in [3.8, 4) is 0 Å². The molecule has 1 heterocycles. The monoisotopic (exact) mass is 212 g/mol. The van der Waals surface area contributed by atoms with E-state index in [0.29, 0.717) is 6.61 Å². The second kappa shape index (κ2) is 7.85. The van der Waals surface area contributed by atoms with Gasteiger partial charge in [-0.05, 0) is 13.0 Å². The van der Waals surface area contributed by atoms with E-state index < -0.39 is 0 Å². The molecular weight excluding hydrogens is 188 g/mol. The maximum absolute atomic E-state index is 5.39. The summed E-state index contributed by atoms with van der Waals surface area (Å²) in [7, 11) is 0. The summed E-state index contributed by atoms with van der Waals surface area (Å²) in [5.74, 6) is 0. The topological polar surface area (TPSA) is 15.7 Å². The molecule has 0 aromatic carbocycles. The molecule has 0 spiro atoms. The normalized spacial score (nSPS) is 19.3. The predicted molar refractivity (Wildman–Crippen MR) is 64.2 cm³/mol. The molecule has 0 amide bonds. The van der Waals surface area contributed by atoms with Crippen LogP contribution >= 0.6 is 0 Å². The maximum atomic E-state index is 5.39. The van der Waals surface area contributed by atoms with Crippen LogP contribution in [0.2, 0.25) is 0 Å². The Morgan fingerprint density at radius 3 is 2.27 bits per heavy atom.